The SMILES string of the molecule is CO[C@@H]1O[C@@H](C#CCS(=O)(=O)c2ccccc2)[C@H]2C(COCc3ccccc3)=C[C@@H]12. The van der Waals surface area contributed by atoms with E-state index in [0.717, 1.165) is 11.1 Å². The van der Waals surface area contributed by atoms with Crippen LogP contribution in [-0.4, -0.2) is 40.3 Å². The lowest BCUT2D eigenvalue weighted by Gasteiger charge is -2.31. The van der Waals surface area contributed by atoms with Crippen LogP contribution in [0.4, 0.5) is 0 Å². The lowest BCUT2D eigenvalue weighted by Crippen LogP contribution is -2.33. The van der Waals surface area contributed by atoms with E-state index in [0.29, 0.717) is 13.2 Å². The second-order valence-electron chi connectivity index (χ2n) is 7.38. The van der Waals surface area contributed by atoms with Crippen LogP contribution in [0.25, 0.3) is 0 Å². The summed E-state index contributed by atoms with van der Waals surface area (Å²) in [5, 5.41) is 0. The molecule has 0 aromatic heterocycles. The van der Waals surface area contributed by atoms with Gasteiger partial charge in [0.15, 0.2) is 16.1 Å². The van der Waals surface area contributed by atoms with Crippen LogP contribution in [0, 0.1) is 23.7 Å². The molecule has 1 aliphatic heterocycles. The Morgan fingerprint density at radius 2 is 1.70 bits per heavy atom. The summed E-state index contributed by atoms with van der Waals surface area (Å²) in [4.78, 5) is 0.276. The Morgan fingerprint density at radius 1 is 1.00 bits per heavy atom. The molecule has 2 aromatic rings. The van der Waals surface area contributed by atoms with Gasteiger partial charge in [-0.25, -0.2) is 8.42 Å². The number of fused-ring (bicyclic) bond motifs is 1. The van der Waals surface area contributed by atoms with Gasteiger partial charge < -0.3 is 14.2 Å². The molecule has 4 atom stereocenters. The van der Waals surface area contributed by atoms with Gasteiger partial charge in [0.05, 0.1) is 18.1 Å². The first kappa shape index (κ1) is 20.8. The summed E-state index contributed by atoms with van der Waals surface area (Å²) in [5.41, 5.74) is 2.24. The fourth-order valence-electron chi connectivity index (χ4n) is 3.84. The second-order valence-corrected chi connectivity index (χ2v) is 9.37. The molecule has 4 rings (SSSR count). The van der Waals surface area contributed by atoms with E-state index in [1.807, 2.05) is 30.3 Å². The Morgan fingerprint density at radius 3 is 2.40 bits per heavy atom. The quantitative estimate of drug-likeness (QED) is 0.505. The Bertz CT molecular complexity index is 1050. The van der Waals surface area contributed by atoms with E-state index in [1.165, 1.54) is 0 Å². The zero-order chi connectivity index (χ0) is 21.0. The van der Waals surface area contributed by atoms with E-state index in [4.69, 9.17) is 14.2 Å². The Balaban J connectivity index is 1.38. The predicted octanol–water partition coefficient (Wildman–Crippen LogP) is 3.22. The molecule has 2 aromatic carbocycles. The molecular formula is C24H24O5S. The van der Waals surface area contributed by atoms with Crippen molar-refractivity contribution in [3.63, 3.8) is 0 Å². The average molecular weight is 425 g/mol. The molecule has 0 bridgehead atoms. The van der Waals surface area contributed by atoms with Crippen LogP contribution < -0.4 is 0 Å². The molecular weight excluding hydrogens is 400 g/mol. The number of methoxy groups -OCH3 is 1. The molecule has 0 amide bonds. The molecule has 0 radical (unpaired) electrons. The predicted molar refractivity (Wildman–Crippen MR) is 113 cm³/mol. The first-order valence-electron chi connectivity index (χ1n) is 9.85. The number of benzene rings is 2. The Kier molecular flexibility index (Phi) is 6.35. The van der Waals surface area contributed by atoms with E-state index < -0.39 is 15.9 Å². The minimum absolute atomic E-state index is 0.0673. The van der Waals surface area contributed by atoms with Crippen molar-refractivity contribution in [3.05, 3.63) is 77.9 Å². The van der Waals surface area contributed by atoms with Crippen molar-refractivity contribution in [1.29, 1.82) is 0 Å². The molecule has 30 heavy (non-hydrogen) atoms. The highest BCUT2D eigenvalue weighted by Crippen LogP contribution is 2.46. The summed E-state index contributed by atoms with van der Waals surface area (Å²) < 4.78 is 42.0. The normalized spacial score (nSPS) is 24.9. The molecule has 1 saturated heterocycles. The van der Waals surface area contributed by atoms with Crippen molar-refractivity contribution in [2.45, 2.75) is 23.9 Å². The fourth-order valence-corrected chi connectivity index (χ4v) is 4.86. The third-order valence-electron chi connectivity index (χ3n) is 5.39. The van der Waals surface area contributed by atoms with Gasteiger partial charge in [-0.2, -0.15) is 0 Å². The van der Waals surface area contributed by atoms with E-state index in [9.17, 15) is 8.42 Å². The molecule has 6 heteroatoms. The van der Waals surface area contributed by atoms with Gasteiger partial charge in [0.25, 0.3) is 0 Å². The van der Waals surface area contributed by atoms with E-state index in [2.05, 4.69) is 17.9 Å². The topological polar surface area (TPSA) is 61.8 Å². The number of rotatable bonds is 7. The summed E-state index contributed by atoms with van der Waals surface area (Å²) >= 11 is 0. The maximum atomic E-state index is 12.4. The highest BCUT2D eigenvalue weighted by molar-refractivity contribution is 7.91. The molecule has 1 fully saturated rings. The van der Waals surface area contributed by atoms with Gasteiger partial charge in [0.2, 0.25) is 0 Å². The number of sulfone groups is 1. The number of ether oxygens (including phenoxy) is 3. The lowest BCUT2D eigenvalue weighted by atomic mass is 9.73. The van der Waals surface area contributed by atoms with Crippen molar-refractivity contribution in [3.8, 4) is 11.8 Å². The Labute approximate surface area is 177 Å². The molecule has 5 nitrogen and oxygen atoms in total. The molecule has 0 N–H and O–H groups in total. The summed E-state index contributed by atoms with van der Waals surface area (Å²) in [6, 6.07) is 18.4. The van der Waals surface area contributed by atoms with Gasteiger partial charge in [0, 0.05) is 18.9 Å². The van der Waals surface area contributed by atoms with Gasteiger partial charge in [-0.1, -0.05) is 66.4 Å². The van der Waals surface area contributed by atoms with Gasteiger partial charge in [-0.3, -0.25) is 0 Å². The summed E-state index contributed by atoms with van der Waals surface area (Å²) in [5.74, 6) is 5.77. The zero-order valence-corrected chi connectivity index (χ0v) is 17.5. The molecule has 0 saturated carbocycles. The maximum absolute atomic E-state index is 12.4. The summed E-state index contributed by atoms with van der Waals surface area (Å²) in [7, 11) is -1.84. The van der Waals surface area contributed by atoms with Crippen molar-refractivity contribution < 1.29 is 22.6 Å². The maximum Gasteiger partial charge on any atom is 0.189 e. The third kappa shape index (κ3) is 4.50. The van der Waals surface area contributed by atoms with Crippen LogP contribution >= 0.6 is 0 Å². The van der Waals surface area contributed by atoms with Crippen LogP contribution in [0.3, 0.4) is 0 Å². The largest absolute Gasteiger partial charge is 0.372 e. The first-order valence-corrected chi connectivity index (χ1v) is 11.5. The lowest BCUT2D eigenvalue weighted by molar-refractivity contribution is -0.114. The molecule has 156 valence electrons. The first-order chi connectivity index (χ1) is 14.6. The highest BCUT2D eigenvalue weighted by atomic mass is 32.2. The van der Waals surface area contributed by atoms with Crippen molar-refractivity contribution in [2.24, 2.45) is 11.8 Å². The van der Waals surface area contributed by atoms with Gasteiger partial charge >= 0.3 is 0 Å². The van der Waals surface area contributed by atoms with Crippen LogP contribution in [0.2, 0.25) is 0 Å². The van der Waals surface area contributed by atoms with Crippen molar-refractivity contribution in [1.82, 2.24) is 0 Å². The van der Waals surface area contributed by atoms with Gasteiger partial charge in [-0.05, 0) is 23.3 Å². The van der Waals surface area contributed by atoms with Gasteiger partial charge in [-0.15, -0.1) is 0 Å². The van der Waals surface area contributed by atoms with Gasteiger partial charge in [0.1, 0.15) is 11.9 Å². The Hall–Kier alpha value is -2.43. The molecule has 1 aliphatic carbocycles. The van der Waals surface area contributed by atoms with E-state index in [-0.39, 0.29) is 28.8 Å². The second kappa shape index (κ2) is 9.15. The summed E-state index contributed by atoms with van der Waals surface area (Å²) in [6.45, 7) is 1.03. The van der Waals surface area contributed by atoms with Crippen LogP contribution in [-0.2, 0) is 30.7 Å². The van der Waals surface area contributed by atoms with Crippen molar-refractivity contribution in [2.75, 3.05) is 19.5 Å². The minimum atomic E-state index is -3.44. The van der Waals surface area contributed by atoms with Crippen LogP contribution in [0.5, 0.6) is 0 Å². The average Bonchev–Trinajstić information content (AvgIpc) is 3.03. The zero-order valence-electron chi connectivity index (χ0n) is 16.7. The number of hydrogen-bond donors (Lipinski definition) is 0. The molecule has 1 heterocycles. The standard InChI is InChI=1S/C24H24O5S/c1-27-24-21-15-19(17-28-16-18-9-4-2-5-10-18)23(21)22(29-24)13-8-14-30(25,26)20-11-6-3-7-12-20/h2-7,9-12,15,21-24H,14,16-17H2,1H3/t21-,22+,23+,24-/m1/s1. The molecule has 0 spiro atoms. The van der Waals surface area contributed by atoms with E-state index >= 15 is 0 Å². The summed E-state index contributed by atoms with van der Waals surface area (Å²) in [6.07, 6.45) is 1.36. The third-order valence-corrected chi connectivity index (χ3v) is 6.91. The molecule has 2 aliphatic rings. The smallest absolute Gasteiger partial charge is 0.189 e. The fraction of sp³-hybridized carbons (Fsp3) is 0.333. The monoisotopic (exact) mass is 424 g/mol. The van der Waals surface area contributed by atoms with Crippen LogP contribution in [0.15, 0.2) is 77.2 Å². The van der Waals surface area contributed by atoms with Crippen molar-refractivity contribution >= 4 is 9.84 Å². The van der Waals surface area contributed by atoms with E-state index in [1.54, 1.807) is 37.4 Å². The molecule has 0 unspecified atom stereocenters. The minimum Gasteiger partial charge on any atom is -0.372 e. The highest BCUT2D eigenvalue weighted by Gasteiger charge is 2.50. The number of hydrogen-bond acceptors (Lipinski definition) is 5. The van der Waals surface area contributed by atoms with Crippen LogP contribution in [0.1, 0.15) is 5.56 Å².